The van der Waals surface area contributed by atoms with E-state index in [4.69, 9.17) is 0 Å². The molecule has 3 rings (SSSR count). The normalized spacial score (nSPS) is 27.9. The van der Waals surface area contributed by atoms with Gasteiger partial charge in [0.2, 0.25) is 0 Å². The summed E-state index contributed by atoms with van der Waals surface area (Å²) in [5, 5.41) is 0. The van der Waals surface area contributed by atoms with Crippen molar-refractivity contribution in [3.63, 3.8) is 0 Å². The molecular weight excluding hydrogens is 296 g/mol. The molecule has 1 aliphatic rings. The lowest BCUT2D eigenvalue weighted by Gasteiger charge is -2.26. The van der Waals surface area contributed by atoms with E-state index in [2.05, 4.69) is 19.1 Å². The molecule has 2 nitrogen and oxygen atoms in total. The number of benzene rings is 2. The van der Waals surface area contributed by atoms with E-state index in [-0.39, 0.29) is 41.2 Å². The van der Waals surface area contributed by atoms with Crippen molar-refractivity contribution in [2.75, 3.05) is 0 Å². The molecule has 2 heteroatoms. The summed E-state index contributed by atoms with van der Waals surface area (Å²) < 4.78 is 0. The van der Waals surface area contributed by atoms with Gasteiger partial charge in [0.25, 0.3) is 0 Å². The minimum Gasteiger partial charge on any atom is -0.299 e. The molecule has 0 radical (unpaired) electrons. The summed E-state index contributed by atoms with van der Waals surface area (Å²) in [6.45, 7) is 6.06. The van der Waals surface area contributed by atoms with Gasteiger partial charge in [-0.25, -0.2) is 0 Å². The van der Waals surface area contributed by atoms with E-state index in [9.17, 15) is 9.59 Å². The Bertz CT molecular complexity index is 720. The third kappa shape index (κ3) is 2.82. The average Bonchev–Trinajstić information content (AvgIpc) is 2.86. The third-order valence-electron chi connectivity index (χ3n) is 5.71. The highest BCUT2D eigenvalue weighted by molar-refractivity contribution is 6.01. The van der Waals surface area contributed by atoms with Crippen LogP contribution in [0, 0.1) is 23.7 Å². The number of rotatable bonds is 4. The number of ketones is 2. The second kappa shape index (κ2) is 6.72. The van der Waals surface area contributed by atoms with Gasteiger partial charge in [-0.3, -0.25) is 9.59 Å². The number of carbonyl (C=O) groups excluding carboxylic acids is 2. The first-order chi connectivity index (χ1) is 11.5. The molecule has 124 valence electrons. The smallest absolute Gasteiger partial charge is 0.166 e. The summed E-state index contributed by atoms with van der Waals surface area (Å²) in [6.07, 6.45) is 0. The van der Waals surface area contributed by atoms with Crippen molar-refractivity contribution in [2.45, 2.75) is 26.7 Å². The highest BCUT2D eigenvalue weighted by atomic mass is 16.1. The monoisotopic (exact) mass is 320 g/mol. The van der Waals surface area contributed by atoms with Gasteiger partial charge in [-0.05, 0) is 17.4 Å². The molecule has 0 aliphatic heterocycles. The first-order valence-electron chi connectivity index (χ1n) is 8.70. The van der Waals surface area contributed by atoms with Crippen LogP contribution in [0.3, 0.4) is 0 Å². The molecule has 1 saturated carbocycles. The number of Topliss-reactive ketones (excluding diaryl/α,β-unsaturated/α-hetero) is 2. The molecule has 0 spiro atoms. The van der Waals surface area contributed by atoms with Crippen molar-refractivity contribution in [2.24, 2.45) is 23.7 Å². The van der Waals surface area contributed by atoms with Crippen LogP contribution in [0.2, 0.25) is 0 Å². The summed E-state index contributed by atoms with van der Waals surface area (Å²) >= 11 is 0. The van der Waals surface area contributed by atoms with E-state index in [1.807, 2.05) is 62.4 Å². The van der Waals surface area contributed by atoms with E-state index in [0.29, 0.717) is 5.56 Å². The molecule has 1 fully saturated rings. The minimum absolute atomic E-state index is 0.00812. The van der Waals surface area contributed by atoms with Gasteiger partial charge in [-0.2, -0.15) is 0 Å². The van der Waals surface area contributed by atoms with Gasteiger partial charge in [-0.15, -0.1) is 0 Å². The van der Waals surface area contributed by atoms with Crippen LogP contribution < -0.4 is 0 Å². The van der Waals surface area contributed by atoms with Crippen LogP contribution in [0.5, 0.6) is 0 Å². The van der Waals surface area contributed by atoms with Gasteiger partial charge < -0.3 is 0 Å². The summed E-state index contributed by atoms with van der Waals surface area (Å²) in [5.41, 5.74) is 1.86. The van der Waals surface area contributed by atoms with Crippen LogP contribution in [0.1, 0.15) is 42.6 Å². The van der Waals surface area contributed by atoms with Gasteiger partial charge in [0.05, 0.1) is 0 Å². The third-order valence-corrected chi connectivity index (χ3v) is 5.71. The maximum Gasteiger partial charge on any atom is 0.166 e. The van der Waals surface area contributed by atoms with Crippen LogP contribution in [-0.2, 0) is 4.79 Å². The van der Waals surface area contributed by atoms with E-state index >= 15 is 0 Å². The van der Waals surface area contributed by atoms with Gasteiger partial charge in [0.1, 0.15) is 5.78 Å². The molecular formula is C22H24O2. The van der Waals surface area contributed by atoms with Crippen LogP contribution in [0.25, 0.3) is 0 Å². The van der Waals surface area contributed by atoms with Crippen molar-refractivity contribution >= 4 is 11.6 Å². The van der Waals surface area contributed by atoms with Gasteiger partial charge >= 0.3 is 0 Å². The first kappa shape index (κ1) is 16.6. The van der Waals surface area contributed by atoms with E-state index in [1.54, 1.807) is 0 Å². The standard InChI is InChI=1S/C22H24O2/c1-14-15(2)22(24)20(19(14)17-10-6-4-7-11-17)16(3)21(23)18-12-8-5-9-13-18/h4-16,19-20H,1-3H3. The predicted octanol–water partition coefficient (Wildman–Crippen LogP) is 4.76. The zero-order valence-electron chi connectivity index (χ0n) is 14.5. The number of carbonyl (C=O) groups is 2. The molecule has 0 heterocycles. The summed E-state index contributed by atoms with van der Waals surface area (Å²) in [4.78, 5) is 25.8. The van der Waals surface area contributed by atoms with Crippen molar-refractivity contribution in [3.05, 3.63) is 71.8 Å². The van der Waals surface area contributed by atoms with Crippen LogP contribution in [0.15, 0.2) is 60.7 Å². The Balaban J connectivity index is 1.97. The highest BCUT2D eigenvalue weighted by Crippen LogP contribution is 2.48. The Labute approximate surface area is 143 Å². The van der Waals surface area contributed by atoms with Crippen molar-refractivity contribution in [3.8, 4) is 0 Å². The van der Waals surface area contributed by atoms with Crippen molar-refractivity contribution in [1.29, 1.82) is 0 Å². The lowest BCUT2D eigenvalue weighted by atomic mass is 9.75. The van der Waals surface area contributed by atoms with Gasteiger partial charge in [0.15, 0.2) is 5.78 Å². The summed E-state index contributed by atoms with van der Waals surface area (Å²) in [7, 11) is 0. The van der Waals surface area contributed by atoms with E-state index in [0.717, 1.165) is 0 Å². The molecule has 0 aromatic heterocycles. The molecule has 0 N–H and O–H groups in total. The zero-order valence-corrected chi connectivity index (χ0v) is 14.5. The van der Waals surface area contributed by atoms with Crippen LogP contribution in [-0.4, -0.2) is 11.6 Å². The average molecular weight is 320 g/mol. The van der Waals surface area contributed by atoms with Crippen molar-refractivity contribution in [1.82, 2.24) is 0 Å². The molecule has 0 bridgehead atoms. The molecule has 0 amide bonds. The van der Waals surface area contributed by atoms with Crippen LogP contribution >= 0.6 is 0 Å². The van der Waals surface area contributed by atoms with Crippen molar-refractivity contribution < 1.29 is 9.59 Å². The summed E-state index contributed by atoms with van der Waals surface area (Å²) in [5.74, 6) is 0.0884. The molecule has 24 heavy (non-hydrogen) atoms. The molecule has 2 aromatic rings. The Kier molecular flexibility index (Phi) is 4.66. The second-order valence-electron chi connectivity index (χ2n) is 7.03. The maximum absolute atomic E-state index is 12.9. The Morgan fingerprint density at radius 1 is 0.917 bits per heavy atom. The largest absolute Gasteiger partial charge is 0.299 e. The molecule has 5 unspecified atom stereocenters. The molecule has 0 saturated heterocycles. The molecule has 5 atom stereocenters. The Hall–Kier alpha value is -2.22. The second-order valence-corrected chi connectivity index (χ2v) is 7.03. The SMILES string of the molecule is CC1C(=O)C(C(C)C(=O)c2ccccc2)C(c2ccccc2)C1C. The number of hydrogen-bond acceptors (Lipinski definition) is 2. The maximum atomic E-state index is 12.9. The summed E-state index contributed by atoms with van der Waals surface area (Å²) in [6, 6.07) is 19.5. The Morgan fingerprint density at radius 2 is 1.46 bits per heavy atom. The van der Waals surface area contributed by atoms with Crippen LogP contribution in [0.4, 0.5) is 0 Å². The van der Waals surface area contributed by atoms with E-state index in [1.165, 1.54) is 5.56 Å². The fraction of sp³-hybridized carbons (Fsp3) is 0.364. The number of hydrogen-bond donors (Lipinski definition) is 0. The fourth-order valence-electron chi connectivity index (χ4n) is 4.15. The molecule has 2 aromatic carbocycles. The lowest BCUT2D eigenvalue weighted by Crippen LogP contribution is -2.29. The Morgan fingerprint density at radius 3 is 2.04 bits per heavy atom. The van der Waals surface area contributed by atoms with Gasteiger partial charge in [-0.1, -0.05) is 81.4 Å². The zero-order chi connectivity index (χ0) is 17.3. The predicted molar refractivity (Wildman–Crippen MR) is 95.9 cm³/mol. The molecule has 1 aliphatic carbocycles. The first-order valence-corrected chi connectivity index (χ1v) is 8.70. The highest BCUT2D eigenvalue weighted by Gasteiger charge is 2.49. The van der Waals surface area contributed by atoms with E-state index < -0.39 is 0 Å². The quantitative estimate of drug-likeness (QED) is 0.761. The lowest BCUT2D eigenvalue weighted by molar-refractivity contribution is -0.124. The topological polar surface area (TPSA) is 34.1 Å². The van der Waals surface area contributed by atoms with Gasteiger partial charge in [0, 0.05) is 23.3 Å². The minimum atomic E-state index is -0.308. The fourth-order valence-corrected chi connectivity index (χ4v) is 4.15.